The second-order valence-electron chi connectivity index (χ2n) is 5.10. The van der Waals surface area contributed by atoms with E-state index in [0.29, 0.717) is 17.7 Å². The monoisotopic (exact) mass is 352 g/mol. The predicted octanol–water partition coefficient (Wildman–Crippen LogP) is 1.84. The number of ether oxygens (including phenoxy) is 3. The van der Waals surface area contributed by atoms with Gasteiger partial charge in [-0.25, -0.2) is 0 Å². The molecule has 0 amide bonds. The number of carboxylic acid groups (broad SMARTS) is 1. The van der Waals surface area contributed by atoms with Crippen LogP contribution in [-0.2, 0) is 35.3 Å². The normalized spacial score (nSPS) is 9.96. The average molecular weight is 352 g/mol. The third kappa shape index (κ3) is 9.09. The van der Waals surface area contributed by atoms with E-state index in [1.165, 1.54) is 7.11 Å². The molecule has 0 aliphatic heterocycles. The van der Waals surface area contributed by atoms with Crippen LogP contribution in [-0.4, -0.2) is 36.1 Å². The summed E-state index contributed by atoms with van der Waals surface area (Å²) in [7, 11) is 1.28. The quantitative estimate of drug-likeness (QED) is 0.501. The van der Waals surface area contributed by atoms with E-state index >= 15 is 0 Å². The van der Waals surface area contributed by atoms with Crippen LogP contribution in [0.4, 0.5) is 0 Å². The van der Waals surface area contributed by atoms with E-state index in [1.807, 2.05) is 0 Å². The summed E-state index contributed by atoms with van der Waals surface area (Å²) >= 11 is 0. The van der Waals surface area contributed by atoms with Gasteiger partial charge in [-0.3, -0.25) is 19.2 Å². The molecule has 0 aliphatic carbocycles. The minimum Gasteiger partial charge on any atom is -0.481 e. The number of hydrogen-bond donors (Lipinski definition) is 1. The summed E-state index contributed by atoms with van der Waals surface area (Å²) in [5.41, 5.74) is 0.675. The van der Waals surface area contributed by atoms with Crippen molar-refractivity contribution in [1.29, 1.82) is 0 Å². The molecule has 25 heavy (non-hydrogen) atoms. The Kier molecular flexibility index (Phi) is 8.70. The van der Waals surface area contributed by atoms with Crippen molar-refractivity contribution in [3.63, 3.8) is 0 Å². The van der Waals surface area contributed by atoms with Crippen molar-refractivity contribution in [3.05, 3.63) is 29.8 Å². The molecule has 1 aromatic carbocycles. The first-order valence-electron chi connectivity index (χ1n) is 7.64. The zero-order chi connectivity index (χ0) is 18.7. The number of rotatable bonds is 10. The number of carboxylic acids is 1. The average Bonchev–Trinajstić information content (AvgIpc) is 2.59. The van der Waals surface area contributed by atoms with Gasteiger partial charge in [-0.2, -0.15) is 0 Å². The van der Waals surface area contributed by atoms with E-state index in [9.17, 15) is 19.2 Å². The van der Waals surface area contributed by atoms with E-state index in [4.69, 9.17) is 14.6 Å². The summed E-state index contributed by atoms with van der Waals surface area (Å²) in [5, 5.41) is 8.47. The molecule has 1 N–H and O–H groups in total. The number of esters is 3. The van der Waals surface area contributed by atoms with Gasteiger partial charge in [0.05, 0.1) is 20.0 Å². The number of methoxy groups -OCH3 is 1. The molecule has 1 aromatic rings. The largest absolute Gasteiger partial charge is 0.481 e. The Morgan fingerprint density at radius 1 is 0.880 bits per heavy atom. The summed E-state index contributed by atoms with van der Waals surface area (Å²) in [6.07, 6.45) is 0.131. The maximum atomic E-state index is 11.6. The minimum atomic E-state index is -1.06. The molecule has 0 saturated carbocycles. The third-order valence-electron chi connectivity index (χ3n) is 3.09. The van der Waals surface area contributed by atoms with Crippen LogP contribution in [0.15, 0.2) is 24.3 Å². The Morgan fingerprint density at radius 2 is 1.52 bits per heavy atom. The van der Waals surface area contributed by atoms with Gasteiger partial charge < -0.3 is 19.3 Å². The molecule has 0 saturated heterocycles. The van der Waals surface area contributed by atoms with Crippen LogP contribution in [0.3, 0.4) is 0 Å². The van der Waals surface area contributed by atoms with E-state index in [2.05, 4.69) is 4.74 Å². The van der Waals surface area contributed by atoms with Gasteiger partial charge in [-0.05, 0) is 24.1 Å². The zero-order valence-electron chi connectivity index (χ0n) is 13.9. The van der Waals surface area contributed by atoms with Crippen molar-refractivity contribution in [2.75, 3.05) is 7.11 Å². The van der Waals surface area contributed by atoms with Gasteiger partial charge >= 0.3 is 23.9 Å². The summed E-state index contributed by atoms with van der Waals surface area (Å²) in [5.74, 6) is -2.16. The van der Waals surface area contributed by atoms with E-state index in [-0.39, 0.29) is 38.3 Å². The smallest absolute Gasteiger partial charge is 0.311 e. The van der Waals surface area contributed by atoms with Crippen molar-refractivity contribution < 1.29 is 38.5 Å². The van der Waals surface area contributed by atoms with E-state index in [0.717, 1.165) is 0 Å². The Bertz CT molecular complexity index is 606. The molecule has 0 aromatic heterocycles. The lowest BCUT2D eigenvalue weighted by atomic mass is 10.2. The van der Waals surface area contributed by atoms with Crippen molar-refractivity contribution in [1.82, 2.24) is 0 Å². The lowest BCUT2D eigenvalue weighted by Gasteiger charge is -2.07. The van der Waals surface area contributed by atoms with Crippen LogP contribution in [0.5, 0.6) is 5.75 Å². The summed E-state index contributed by atoms with van der Waals surface area (Å²) in [6, 6.07) is 6.36. The van der Waals surface area contributed by atoms with E-state index < -0.39 is 17.9 Å². The van der Waals surface area contributed by atoms with Crippen molar-refractivity contribution in [3.8, 4) is 5.75 Å². The van der Waals surface area contributed by atoms with Gasteiger partial charge in [0, 0.05) is 12.8 Å². The first-order valence-corrected chi connectivity index (χ1v) is 7.64. The SMILES string of the molecule is COC(=O)CCCC(=O)Oc1ccc(COC(=O)CCC(=O)O)cc1. The predicted molar refractivity (Wildman–Crippen MR) is 84.6 cm³/mol. The first-order chi connectivity index (χ1) is 11.9. The van der Waals surface area contributed by atoms with Crippen LogP contribution in [0.1, 0.15) is 37.7 Å². The molecule has 0 atom stereocenters. The minimum absolute atomic E-state index is 0.00576. The molecule has 8 nitrogen and oxygen atoms in total. The molecule has 1 rings (SSSR count). The van der Waals surface area contributed by atoms with Crippen LogP contribution in [0, 0.1) is 0 Å². The summed E-state index contributed by atoms with van der Waals surface area (Å²) in [4.78, 5) is 44.2. The highest BCUT2D eigenvalue weighted by Gasteiger charge is 2.09. The third-order valence-corrected chi connectivity index (χ3v) is 3.09. The number of carbonyl (C=O) groups excluding carboxylic acids is 3. The second kappa shape index (κ2) is 10.8. The zero-order valence-corrected chi connectivity index (χ0v) is 13.9. The number of carbonyl (C=O) groups is 4. The second-order valence-corrected chi connectivity index (χ2v) is 5.10. The van der Waals surface area contributed by atoms with Crippen LogP contribution in [0.2, 0.25) is 0 Å². The highest BCUT2D eigenvalue weighted by Crippen LogP contribution is 2.14. The molecule has 8 heteroatoms. The van der Waals surface area contributed by atoms with Gasteiger partial charge in [0.1, 0.15) is 12.4 Å². The number of hydrogen-bond acceptors (Lipinski definition) is 7. The van der Waals surface area contributed by atoms with E-state index in [1.54, 1.807) is 24.3 Å². The topological polar surface area (TPSA) is 116 Å². The molecule has 0 radical (unpaired) electrons. The molecular formula is C17H20O8. The molecule has 0 unspecified atom stereocenters. The summed E-state index contributed by atoms with van der Waals surface area (Å²) in [6.45, 7) is 0.00576. The first kappa shape index (κ1) is 20.1. The maximum Gasteiger partial charge on any atom is 0.311 e. The fourth-order valence-corrected chi connectivity index (χ4v) is 1.76. The molecule has 0 bridgehead atoms. The molecule has 0 aliphatic rings. The number of aliphatic carboxylic acids is 1. The van der Waals surface area contributed by atoms with Gasteiger partial charge in [-0.15, -0.1) is 0 Å². The van der Waals surface area contributed by atoms with Crippen molar-refractivity contribution in [2.45, 2.75) is 38.7 Å². The molecule has 0 heterocycles. The summed E-state index contributed by atoms with van der Waals surface area (Å²) < 4.78 is 14.5. The molecule has 0 spiro atoms. The van der Waals surface area contributed by atoms with Crippen LogP contribution < -0.4 is 4.74 Å². The standard InChI is InChI=1S/C17H20O8/c1-23-15(20)3-2-4-17(22)25-13-7-5-12(6-8-13)11-24-16(21)10-9-14(18)19/h5-8H,2-4,9-11H2,1H3,(H,18,19). The number of benzene rings is 1. The van der Waals surface area contributed by atoms with Gasteiger partial charge in [0.25, 0.3) is 0 Å². The van der Waals surface area contributed by atoms with Crippen molar-refractivity contribution in [2.24, 2.45) is 0 Å². The Hall–Kier alpha value is -2.90. The van der Waals surface area contributed by atoms with Gasteiger partial charge in [0.15, 0.2) is 0 Å². The van der Waals surface area contributed by atoms with Crippen LogP contribution in [0.25, 0.3) is 0 Å². The highest BCUT2D eigenvalue weighted by atomic mass is 16.5. The maximum absolute atomic E-state index is 11.6. The molecule has 136 valence electrons. The van der Waals surface area contributed by atoms with Gasteiger partial charge in [0.2, 0.25) is 0 Å². The van der Waals surface area contributed by atoms with Gasteiger partial charge in [-0.1, -0.05) is 12.1 Å². The fraction of sp³-hybridized carbons (Fsp3) is 0.412. The lowest BCUT2D eigenvalue weighted by molar-refractivity contribution is -0.148. The molecule has 0 fully saturated rings. The lowest BCUT2D eigenvalue weighted by Crippen LogP contribution is -2.09. The Balaban J connectivity index is 2.33. The molecular weight excluding hydrogens is 332 g/mol. The van der Waals surface area contributed by atoms with Crippen LogP contribution >= 0.6 is 0 Å². The Morgan fingerprint density at radius 3 is 2.12 bits per heavy atom. The fourth-order valence-electron chi connectivity index (χ4n) is 1.76. The van der Waals surface area contributed by atoms with Crippen molar-refractivity contribution >= 4 is 23.9 Å². The highest BCUT2D eigenvalue weighted by molar-refractivity contribution is 5.76. The Labute approximate surface area is 144 Å².